The molecule has 3 rings (SSSR count). The van der Waals surface area contributed by atoms with Gasteiger partial charge >= 0.3 is 0 Å². The molecule has 1 heterocycles. The summed E-state index contributed by atoms with van der Waals surface area (Å²) in [7, 11) is -1.87. The highest BCUT2D eigenvalue weighted by atomic mass is 35.5. The molecule has 0 bridgehead atoms. The number of benzene rings is 1. The Hall–Kier alpha value is -0.753. The van der Waals surface area contributed by atoms with Crippen molar-refractivity contribution in [1.29, 1.82) is 0 Å². The van der Waals surface area contributed by atoms with Crippen LogP contribution in [0.25, 0.3) is 0 Å². The van der Waals surface area contributed by atoms with Gasteiger partial charge in [-0.2, -0.15) is 0 Å². The number of rotatable bonds is 9. The Morgan fingerprint density at radius 3 is 2.27 bits per heavy atom. The normalized spacial score (nSPS) is 23.3. The lowest BCUT2D eigenvalue weighted by Gasteiger charge is -2.52. The summed E-state index contributed by atoms with van der Waals surface area (Å²) in [4.78, 5) is 2.58. The molecule has 188 valence electrons. The number of halogens is 1. The molecule has 6 heteroatoms. The predicted octanol–water partition coefficient (Wildman–Crippen LogP) is 7.41. The standard InChI is InChI=1S/C27H47ClN2O2Si/c1-19(2)33(20(3)4,21(5)6)32-16-15-31-26-14-13-22(17-23(26)28)30-18-27(7,8)29-24-11-9-10-12-25(24)30/h13-14,17,19-21,24-25,29H,9-12,15-16,18H2,1-8H3/t24-,25-/m1/s1. The van der Waals surface area contributed by atoms with Gasteiger partial charge in [0, 0.05) is 29.9 Å². The van der Waals surface area contributed by atoms with Gasteiger partial charge in [-0.25, -0.2) is 0 Å². The molecular formula is C27H47ClN2O2Si. The maximum absolute atomic E-state index is 6.72. The van der Waals surface area contributed by atoms with E-state index in [2.05, 4.69) is 77.7 Å². The lowest BCUT2D eigenvalue weighted by atomic mass is 9.83. The van der Waals surface area contributed by atoms with Gasteiger partial charge in [-0.1, -0.05) is 66.0 Å². The maximum atomic E-state index is 6.72. The zero-order chi connectivity index (χ0) is 24.4. The first kappa shape index (κ1) is 26.8. The van der Waals surface area contributed by atoms with Crippen LogP contribution in [0.5, 0.6) is 5.75 Å². The van der Waals surface area contributed by atoms with E-state index in [1.165, 1.54) is 31.4 Å². The van der Waals surface area contributed by atoms with Crippen LogP contribution in [-0.2, 0) is 4.43 Å². The van der Waals surface area contributed by atoms with E-state index in [1.54, 1.807) is 0 Å². The fourth-order valence-corrected chi connectivity index (χ4v) is 12.3. The molecule has 0 amide bonds. The molecule has 4 nitrogen and oxygen atoms in total. The van der Waals surface area contributed by atoms with Gasteiger partial charge in [-0.15, -0.1) is 0 Å². The van der Waals surface area contributed by atoms with Crippen LogP contribution < -0.4 is 15.0 Å². The molecule has 33 heavy (non-hydrogen) atoms. The smallest absolute Gasteiger partial charge is 0.200 e. The van der Waals surface area contributed by atoms with E-state index >= 15 is 0 Å². The number of nitrogens with zero attached hydrogens (tertiary/aromatic N) is 1. The number of ether oxygens (including phenoxy) is 1. The lowest BCUT2D eigenvalue weighted by molar-refractivity contribution is 0.197. The van der Waals surface area contributed by atoms with Crippen LogP contribution in [0.2, 0.25) is 21.6 Å². The van der Waals surface area contributed by atoms with Crippen LogP contribution in [0.3, 0.4) is 0 Å². The van der Waals surface area contributed by atoms with Gasteiger partial charge in [0.1, 0.15) is 12.4 Å². The molecule has 2 fully saturated rings. The number of nitrogens with one attached hydrogen (secondary N) is 1. The lowest BCUT2D eigenvalue weighted by Crippen LogP contribution is -2.67. The summed E-state index contributed by atoms with van der Waals surface area (Å²) in [5, 5.41) is 4.57. The van der Waals surface area contributed by atoms with Crippen molar-refractivity contribution in [3.8, 4) is 5.75 Å². The third kappa shape index (κ3) is 5.91. The monoisotopic (exact) mass is 494 g/mol. The SMILES string of the molecule is CC(C)[Si](OCCOc1ccc(N2CC(C)(C)N[C@@H]3CCCC[C@H]32)cc1Cl)(C(C)C)C(C)C. The number of anilines is 1. The third-order valence-electron chi connectivity index (χ3n) is 7.92. The van der Waals surface area contributed by atoms with E-state index in [1.807, 2.05) is 6.07 Å². The van der Waals surface area contributed by atoms with Crippen molar-refractivity contribution < 1.29 is 9.16 Å². The molecule has 1 saturated carbocycles. The molecule has 2 aliphatic rings. The van der Waals surface area contributed by atoms with Gasteiger partial charge in [0.15, 0.2) is 8.32 Å². The highest BCUT2D eigenvalue weighted by molar-refractivity contribution is 6.77. The van der Waals surface area contributed by atoms with Gasteiger partial charge in [0.05, 0.1) is 11.6 Å². The Kier molecular flexibility index (Phi) is 8.85. The Bertz CT molecular complexity index is 762. The molecule has 1 aliphatic heterocycles. The summed E-state index contributed by atoms with van der Waals surface area (Å²) < 4.78 is 12.7. The van der Waals surface area contributed by atoms with E-state index in [4.69, 9.17) is 20.8 Å². The van der Waals surface area contributed by atoms with Crippen molar-refractivity contribution in [2.75, 3.05) is 24.7 Å². The Morgan fingerprint density at radius 2 is 1.67 bits per heavy atom. The Balaban J connectivity index is 1.65. The average molecular weight is 495 g/mol. The summed E-state index contributed by atoms with van der Waals surface area (Å²) in [5.74, 6) is 0.754. The van der Waals surface area contributed by atoms with Crippen molar-refractivity contribution in [3.05, 3.63) is 23.2 Å². The van der Waals surface area contributed by atoms with Gasteiger partial charge in [-0.3, -0.25) is 0 Å². The summed E-state index contributed by atoms with van der Waals surface area (Å²) in [6, 6.07) is 7.43. The highest BCUT2D eigenvalue weighted by Crippen LogP contribution is 2.42. The third-order valence-corrected chi connectivity index (χ3v) is 14.3. The van der Waals surface area contributed by atoms with Crippen molar-refractivity contribution >= 4 is 25.6 Å². The van der Waals surface area contributed by atoms with Crippen molar-refractivity contribution in [1.82, 2.24) is 5.32 Å². The molecule has 1 N–H and O–H groups in total. The zero-order valence-corrected chi connectivity index (χ0v) is 24.0. The van der Waals surface area contributed by atoms with Crippen LogP contribution >= 0.6 is 11.6 Å². The van der Waals surface area contributed by atoms with Crippen LogP contribution in [-0.4, -0.2) is 45.7 Å². The van der Waals surface area contributed by atoms with E-state index in [0.717, 1.165) is 12.3 Å². The Morgan fingerprint density at radius 1 is 1.03 bits per heavy atom. The fraction of sp³-hybridized carbons (Fsp3) is 0.778. The van der Waals surface area contributed by atoms with Crippen molar-refractivity contribution in [3.63, 3.8) is 0 Å². The molecule has 2 atom stereocenters. The number of hydrogen-bond acceptors (Lipinski definition) is 4. The van der Waals surface area contributed by atoms with E-state index in [9.17, 15) is 0 Å². The fourth-order valence-electron chi connectivity index (χ4n) is 6.68. The predicted molar refractivity (Wildman–Crippen MR) is 145 cm³/mol. The first-order chi connectivity index (χ1) is 15.5. The molecule has 1 aromatic rings. The second-order valence-electron chi connectivity index (χ2n) is 11.7. The summed E-state index contributed by atoms with van der Waals surface area (Å²) in [5.41, 5.74) is 3.03. The van der Waals surface area contributed by atoms with Crippen LogP contribution in [0.4, 0.5) is 5.69 Å². The largest absolute Gasteiger partial charge is 0.490 e. The summed E-state index contributed by atoms with van der Waals surface area (Å²) in [6.07, 6.45) is 5.13. The van der Waals surface area contributed by atoms with E-state index < -0.39 is 8.32 Å². The van der Waals surface area contributed by atoms with E-state index in [0.29, 0.717) is 46.9 Å². The van der Waals surface area contributed by atoms with Crippen LogP contribution in [0.1, 0.15) is 81.1 Å². The number of hydrogen-bond donors (Lipinski definition) is 1. The molecular weight excluding hydrogens is 448 g/mol. The molecule has 1 aromatic carbocycles. The zero-order valence-electron chi connectivity index (χ0n) is 22.2. The highest BCUT2D eigenvalue weighted by Gasteiger charge is 2.45. The maximum Gasteiger partial charge on any atom is 0.200 e. The first-order valence-electron chi connectivity index (χ1n) is 13.1. The summed E-state index contributed by atoms with van der Waals surface area (Å²) >= 11 is 6.72. The minimum absolute atomic E-state index is 0.0944. The van der Waals surface area contributed by atoms with Gasteiger partial charge in [0.2, 0.25) is 0 Å². The van der Waals surface area contributed by atoms with Crippen molar-refractivity contribution in [2.24, 2.45) is 0 Å². The molecule has 0 radical (unpaired) electrons. The quantitative estimate of drug-likeness (QED) is 0.286. The average Bonchev–Trinajstić information content (AvgIpc) is 2.72. The summed E-state index contributed by atoms with van der Waals surface area (Å²) in [6.45, 7) is 20.7. The second-order valence-corrected chi connectivity index (χ2v) is 17.6. The second kappa shape index (κ2) is 10.9. The molecule has 0 spiro atoms. The van der Waals surface area contributed by atoms with Crippen LogP contribution in [0, 0.1) is 0 Å². The van der Waals surface area contributed by atoms with Gasteiger partial charge in [-0.05, 0) is 61.5 Å². The molecule has 1 saturated heterocycles. The molecule has 0 aromatic heterocycles. The van der Waals surface area contributed by atoms with Gasteiger partial charge in [0.25, 0.3) is 0 Å². The topological polar surface area (TPSA) is 33.7 Å². The first-order valence-corrected chi connectivity index (χ1v) is 15.6. The number of piperazine rings is 1. The minimum Gasteiger partial charge on any atom is -0.490 e. The van der Waals surface area contributed by atoms with E-state index in [-0.39, 0.29) is 5.54 Å². The molecule has 0 unspecified atom stereocenters. The van der Waals surface area contributed by atoms with Gasteiger partial charge < -0.3 is 19.4 Å². The Labute approximate surface area is 208 Å². The minimum atomic E-state index is -1.87. The van der Waals surface area contributed by atoms with Crippen molar-refractivity contribution in [2.45, 2.75) is 115 Å². The number of fused-ring (bicyclic) bond motifs is 1. The molecule has 1 aliphatic carbocycles. The van der Waals surface area contributed by atoms with Crippen LogP contribution in [0.15, 0.2) is 18.2 Å².